The number of aliphatic hydroxyl groups excluding tert-OH is 1. The molecule has 2 rings (SSSR count). The van der Waals surface area contributed by atoms with Gasteiger partial charge < -0.3 is 5.11 Å². The first kappa shape index (κ1) is 11.4. The van der Waals surface area contributed by atoms with Gasteiger partial charge in [0, 0.05) is 6.42 Å². The molecule has 1 nitrogen and oxygen atoms in total. The molecule has 0 aliphatic heterocycles. The molecule has 0 spiro atoms. The maximum absolute atomic E-state index is 9.82. The molecule has 0 saturated carbocycles. The van der Waals surface area contributed by atoms with E-state index in [0.29, 0.717) is 6.42 Å². The van der Waals surface area contributed by atoms with Gasteiger partial charge in [0.15, 0.2) is 0 Å². The summed E-state index contributed by atoms with van der Waals surface area (Å²) in [6.07, 6.45) is -0.0232. The molecule has 1 unspecified atom stereocenters. The lowest BCUT2D eigenvalue weighted by Gasteiger charge is -2.01. The molecule has 0 aliphatic rings. The van der Waals surface area contributed by atoms with Crippen molar-refractivity contribution in [2.45, 2.75) is 12.5 Å². The fourth-order valence-corrected chi connectivity index (χ4v) is 1.56. The fraction of sp³-hybridized carbons (Fsp3) is 0.125. The molecule has 17 heavy (non-hydrogen) atoms. The minimum Gasteiger partial charge on any atom is -0.376 e. The van der Waals surface area contributed by atoms with Crippen LogP contribution in [0, 0.1) is 11.8 Å². The second-order valence-corrected chi connectivity index (χ2v) is 3.80. The van der Waals surface area contributed by atoms with E-state index in [0.717, 1.165) is 5.56 Å². The summed E-state index contributed by atoms with van der Waals surface area (Å²) in [5.74, 6) is 5.85. The van der Waals surface area contributed by atoms with Gasteiger partial charge in [-0.2, -0.15) is 0 Å². The van der Waals surface area contributed by atoms with E-state index in [1.807, 2.05) is 60.7 Å². The molecular formula is C16H14O. The van der Waals surface area contributed by atoms with Gasteiger partial charge in [0.1, 0.15) is 6.10 Å². The molecule has 2 aromatic carbocycles. The first-order chi connectivity index (χ1) is 8.36. The van der Waals surface area contributed by atoms with E-state index in [-0.39, 0.29) is 0 Å². The van der Waals surface area contributed by atoms with E-state index in [9.17, 15) is 5.11 Å². The minimum atomic E-state index is -0.695. The molecule has 0 bridgehead atoms. The highest BCUT2D eigenvalue weighted by Crippen LogP contribution is 2.10. The van der Waals surface area contributed by atoms with Crippen molar-refractivity contribution < 1.29 is 5.11 Å². The zero-order valence-electron chi connectivity index (χ0n) is 9.51. The first-order valence-electron chi connectivity index (χ1n) is 5.61. The molecule has 0 amide bonds. The predicted octanol–water partition coefficient (Wildman–Crippen LogP) is 2.97. The molecule has 1 N–H and O–H groups in total. The molecule has 1 heteroatoms. The quantitative estimate of drug-likeness (QED) is 0.774. The number of hydrogen-bond acceptors (Lipinski definition) is 1. The lowest BCUT2D eigenvalue weighted by Crippen LogP contribution is -1.92. The predicted molar refractivity (Wildman–Crippen MR) is 69.3 cm³/mol. The average Bonchev–Trinajstić information content (AvgIpc) is 2.41. The van der Waals surface area contributed by atoms with E-state index >= 15 is 0 Å². The summed E-state index contributed by atoms with van der Waals surface area (Å²) >= 11 is 0. The zero-order chi connectivity index (χ0) is 11.9. The largest absolute Gasteiger partial charge is 0.376 e. The Balaban J connectivity index is 1.98. The van der Waals surface area contributed by atoms with E-state index in [1.165, 1.54) is 5.56 Å². The molecule has 0 aliphatic carbocycles. The van der Waals surface area contributed by atoms with Crippen LogP contribution in [0.2, 0.25) is 0 Å². The first-order valence-corrected chi connectivity index (χ1v) is 5.61. The molecule has 84 valence electrons. The van der Waals surface area contributed by atoms with Gasteiger partial charge in [-0.25, -0.2) is 0 Å². The SMILES string of the molecule is OC(C#CCc1ccccc1)c1ccccc1. The average molecular weight is 222 g/mol. The number of benzene rings is 2. The third-order valence-corrected chi connectivity index (χ3v) is 2.49. The summed E-state index contributed by atoms with van der Waals surface area (Å²) in [5, 5.41) is 9.82. The second-order valence-electron chi connectivity index (χ2n) is 3.80. The third-order valence-electron chi connectivity index (χ3n) is 2.49. The number of aliphatic hydroxyl groups is 1. The Labute approximate surface area is 102 Å². The smallest absolute Gasteiger partial charge is 0.140 e. The summed E-state index contributed by atoms with van der Waals surface area (Å²) in [6, 6.07) is 19.5. The highest BCUT2D eigenvalue weighted by Gasteiger charge is 2.00. The van der Waals surface area contributed by atoms with Crippen LogP contribution in [-0.4, -0.2) is 5.11 Å². The van der Waals surface area contributed by atoms with Crippen molar-refractivity contribution in [3.8, 4) is 11.8 Å². The van der Waals surface area contributed by atoms with E-state index in [4.69, 9.17) is 0 Å². The van der Waals surface area contributed by atoms with Crippen LogP contribution in [0.1, 0.15) is 17.2 Å². The summed E-state index contributed by atoms with van der Waals surface area (Å²) in [4.78, 5) is 0. The fourth-order valence-electron chi connectivity index (χ4n) is 1.56. The Bertz CT molecular complexity index is 505. The molecule has 2 aromatic rings. The minimum absolute atomic E-state index is 0.671. The highest BCUT2D eigenvalue weighted by atomic mass is 16.3. The topological polar surface area (TPSA) is 20.2 Å². The van der Waals surface area contributed by atoms with Gasteiger partial charge in [0.25, 0.3) is 0 Å². The molecule has 1 atom stereocenters. The van der Waals surface area contributed by atoms with Crippen LogP contribution in [0.25, 0.3) is 0 Å². The normalized spacial score (nSPS) is 11.4. The lowest BCUT2D eigenvalue weighted by molar-refractivity contribution is 0.238. The molecule has 0 heterocycles. The summed E-state index contributed by atoms with van der Waals surface area (Å²) in [5.41, 5.74) is 2.01. The van der Waals surface area contributed by atoms with Gasteiger partial charge in [0.2, 0.25) is 0 Å². The Kier molecular flexibility index (Phi) is 3.96. The van der Waals surface area contributed by atoms with Crippen LogP contribution in [0.4, 0.5) is 0 Å². The van der Waals surface area contributed by atoms with E-state index in [1.54, 1.807) is 0 Å². The summed E-state index contributed by atoms with van der Waals surface area (Å²) in [6.45, 7) is 0. The molecule has 0 saturated heterocycles. The van der Waals surface area contributed by atoms with Gasteiger partial charge in [-0.1, -0.05) is 72.5 Å². The van der Waals surface area contributed by atoms with Crippen molar-refractivity contribution in [3.05, 3.63) is 71.8 Å². The van der Waals surface area contributed by atoms with Gasteiger partial charge in [-0.3, -0.25) is 0 Å². The lowest BCUT2D eigenvalue weighted by atomic mass is 10.1. The Morgan fingerprint density at radius 2 is 1.47 bits per heavy atom. The van der Waals surface area contributed by atoms with Gasteiger partial charge >= 0.3 is 0 Å². The van der Waals surface area contributed by atoms with Crippen LogP contribution in [0.3, 0.4) is 0 Å². The van der Waals surface area contributed by atoms with Crippen LogP contribution in [0.5, 0.6) is 0 Å². The van der Waals surface area contributed by atoms with Crippen LogP contribution in [0.15, 0.2) is 60.7 Å². The van der Waals surface area contributed by atoms with E-state index < -0.39 is 6.10 Å². The van der Waals surface area contributed by atoms with Crippen molar-refractivity contribution in [3.63, 3.8) is 0 Å². The standard InChI is InChI=1S/C16H14O/c17-16(15-11-5-2-6-12-15)13-7-10-14-8-3-1-4-9-14/h1-6,8-9,11-12,16-17H,10H2. The zero-order valence-corrected chi connectivity index (χ0v) is 9.51. The highest BCUT2D eigenvalue weighted by molar-refractivity contribution is 5.27. The van der Waals surface area contributed by atoms with Crippen LogP contribution < -0.4 is 0 Å². The second kappa shape index (κ2) is 5.89. The molecule has 0 radical (unpaired) electrons. The van der Waals surface area contributed by atoms with Gasteiger partial charge in [-0.15, -0.1) is 0 Å². The van der Waals surface area contributed by atoms with Gasteiger partial charge in [0.05, 0.1) is 0 Å². The maximum atomic E-state index is 9.82. The van der Waals surface area contributed by atoms with Gasteiger partial charge in [-0.05, 0) is 11.1 Å². The molecule has 0 fully saturated rings. The Hall–Kier alpha value is -2.04. The summed E-state index contributed by atoms with van der Waals surface area (Å²) in [7, 11) is 0. The van der Waals surface area contributed by atoms with Crippen LogP contribution in [-0.2, 0) is 6.42 Å². The van der Waals surface area contributed by atoms with Crippen molar-refractivity contribution >= 4 is 0 Å². The number of hydrogen-bond donors (Lipinski definition) is 1. The Morgan fingerprint density at radius 3 is 2.12 bits per heavy atom. The maximum Gasteiger partial charge on any atom is 0.140 e. The van der Waals surface area contributed by atoms with E-state index in [2.05, 4.69) is 11.8 Å². The van der Waals surface area contributed by atoms with Crippen molar-refractivity contribution in [2.24, 2.45) is 0 Å². The summed E-state index contributed by atoms with van der Waals surface area (Å²) < 4.78 is 0. The number of rotatable bonds is 2. The van der Waals surface area contributed by atoms with Crippen molar-refractivity contribution in [1.82, 2.24) is 0 Å². The Morgan fingerprint density at radius 1 is 0.882 bits per heavy atom. The molecular weight excluding hydrogens is 208 g/mol. The molecule has 0 aromatic heterocycles. The van der Waals surface area contributed by atoms with Crippen molar-refractivity contribution in [2.75, 3.05) is 0 Å². The van der Waals surface area contributed by atoms with Crippen molar-refractivity contribution in [1.29, 1.82) is 0 Å². The third kappa shape index (κ3) is 3.48. The van der Waals surface area contributed by atoms with Crippen LogP contribution >= 0.6 is 0 Å². The monoisotopic (exact) mass is 222 g/mol.